The van der Waals surface area contributed by atoms with Crippen molar-refractivity contribution in [2.75, 3.05) is 5.32 Å². The molecule has 3 aromatic heterocycles. The first kappa shape index (κ1) is 22.4. The Morgan fingerprint density at radius 1 is 1.09 bits per heavy atom. The quantitative estimate of drug-likeness (QED) is 0.402. The van der Waals surface area contributed by atoms with Gasteiger partial charge in [-0.2, -0.15) is 10.2 Å². The number of halogens is 4. The van der Waals surface area contributed by atoms with Crippen LogP contribution in [0, 0.1) is 13.8 Å². The minimum Gasteiger partial charge on any atom is -0.322 e. The summed E-state index contributed by atoms with van der Waals surface area (Å²) < 4.78 is 56.0. The number of anilines is 1. The number of nitrogens with zero attached hydrogens (tertiary/aromatic N) is 5. The summed E-state index contributed by atoms with van der Waals surface area (Å²) >= 11 is 0. The largest absolute Gasteiger partial charge is 0.322 e. The minimum absolute atomic E-state index is 0.0342. The monoisotopic (exact) mass is 460 g/mol. The smallest absolute Gasteiger partial charge is 0.280 e. The molecule has 0 atom stereocenters. The lowest BCUT2D eigenvalue weighted by molar-refractivity contribution is -0.116. The molecule has 4 rings (SSSR count). The average molecular weight is 460 g/mol. The second-order valence-electron chi connectivity index (χ2n) is 7.64. The molecule has 33 heavy (non-hydrogen) atoms. The average Bonchev–Trinajstić information content (AvgIpc) is 3.32. The second kappa shape index (κ2) is 9.00. The van der Waals surface area contributed by atoms with Crippen LogP contribution in [0.15, 0.2) is 42.7 Å². The molecule has 0 saturated heterocycles. The maximum absolute atomic E-state index is 13.5. The number of alkyl halides is 4. The zero-order chi connectivity index (χ0) is 23.7. The van der Waals surface area contributed by atoms with Crippen molar-refractivity contribution in [3.63, 3.8) is 0 Å². The van der Waals surface area contributed by atoms with Crippen LogP contribution in [0.25, 0.3) is 11.0 Å². The van der Waals surface area contributed by atoms with E-state index in [0.29, 0.717) is 18.3 Å². The van der Waals surface area contributed by atoms with Crippen molar-refractivity contribution in [2.24, 2.45) is 0 Å². The van der Waals surface area contributed by atoms with Gasteiger partial charge in [0.1, 0.15) is 12.2 Å². The second-order valence-corrected chi connectivity index (χ2v) is 7.64. The topological polar surface area (TPSA) is 77.6 Å². The normalized spacial score (nSPS) is 11.6. The van der Waals surface area contributed by atoms with E-state index in [0.717, 1.165) is 15.8 Å². The molecule has 0 saturated carbocycles. The number of rotatable bonds is 7. The minimum atomic E-state index is -3.04. The van der Waals surface area contributed by atoms with Crippen LogP contribution in [-0.4, -0.2) is 30.5 Å². The van der Waals surface area contributed by atoms with Crippen LogP contribution in [0.4, 0.5) is 23.2 Å². The number of benzene rings is 1. The first-order valence-corrected chi connectivity index (χ1v) is 10.0. The van der Waals surface area contributed by atoms with Crippen LogP contribution < -0.4 is 5.32 Å². The Bertz CT molecular complexity index is 1300. The highest BCUT2D eigenvalue weighted by atomic mass is 19.3. The molecule has 0 radical (unpaired) electrons. The van der Waals surface area contributed by atoms with Gasteiger partial charge in [-0.15, -0.1) is 0 Å². The van der Waals surface area contributed by atoms with Crippen LogP contribution in [0.2, 0.25) is 0 Å². The third kappa shape index (κ3) is 4.86. The van der Waals surface area contributed by atoms with Gasteiger partial charge in [0.2, 0.25) is 5.91 Å². The number of aromatic nitrogens is 5. The van der Waals surface area contributed by atoms with Crippen LogP contribution in [-0.2, 0) is 17.9 Å². The number of hydrogen-bond acceptors (Lipinski definition) is 4. The van der Waals surface area contributed by atoms with Crippen molar-refractivity contribution < 1.29 is 22.4 Å². The highest BCUT2D eigenvalue weighted by molar-refractivity contribution is 5.91. The Labute approximate surface area is 186 Å². The first-order chi connectivity index (χ1) is 15.7. The Morgan fingerprint density at radius 2 is 1.82 bits per heavy atom. The van der Waals surface area contributed by atoms with Crippen molar-refractivity contribution in [3.8, 4) is 0 Å². The molecular weight excluding hydrogens is 440 g/mol. The van der Waals surface area contributed by atoms with E-state index in [9.17, 15) is 22.4 Å². The summed E-state index contributed by atoms with van der Waals surface area (Å²) in [7, 11) is 0. The number of nitrogens with one attached hydrogen (secondary N) is 1. The van der Waals surface area contributed by atoms with E-state index < -0.39 is 36.6 Å². The van der Waals surface area contributed by atoms with E-state index in [1.54, 1.807) is 10.9 Å². The molecule has 4 aromatic rings. The Balaban J connectivity index is 1.52. The van der Waals surface area contributed by atoms with Crippen molar-refractivity contribution in [1.29, 1.82) is 0 Å². The van der Waals surface area contributed by atoms with E-state index >= 15 is 0 Å². The van der Waals surface area contributed by atoms with Crippen LogP contribution >= 0.6 is 0 Å². The molecule has 0 aliphatic heterocycles. The molecule has 0 spiro atoms. The van der Waals surface area contributed by atoms with Gasteiger partial charge in [-0.1, -0.05) is 29.8 Å². The van der Waals surface area contributed by atoms with Crippen LogP contribution in [0.3, 0.4) is 0 Å². The van der Waals surface area contributed by atoms with Gasteiger partial charge in [-0.3, -0.25) is 9.48 Å². The van der Waals surface area contributed by atoms with E-state index in [2.05, 4.69) is 20.5 Å². The van der Waals surface area contributed by atoms with Gasteiger partial charge in [0.15, 0.2) is 5.65 Å². The number of carbonyl (C=O) groups is 1. The molecule has 0 aliphatic rings. The van der Waals surface area contributed by atoms with Crippen molar-refractivity contribution in [1.82, 2.24) is 24.5 Å². The zero-order valence-corrected chi connectivity index (χ0v) is 17.8. The maximum Gasteiger partial charge on any atom is 0.280 e. The highest BCUT2D eigenvalue weighted by Gasteiger charge is 2.24. The summed E-state index contributed by atoms with van der Waals surface area (Å²) in [5, 5.41) is 10.9. The van der Waals surface area contributed by atoms with Crippen molar-refractivity contribution >= 4 is 22.6 Å². The zero-order valence-electron chi connectivity index (χ0n) is 17.8. The standard InChI is InChI=1S/C22H20F4N6O/c1-12-3-5-14(6-4-12)9-31-10-15(8-27-31)28-18(33)11-32-22-19(13(2)30-32)16(20(23)24)7-17(29-22)21(25)26/h3-8,10,20-21H,9,11H2,1-2H3,(H,28,33). The summed E-state index contributed by atoms with van der Waals surface area (Å²) in [5.74, 6) is -0.530. The van der Waals surface area contributed by atoms with E-state index in [-0.39, 0.29) is 16.7 Å². The van der Waals surface area contributed by atoms with Crippen LogP contribution in [0.1, 0.15) is 40.9 Å². The molecule has 1 aromatic carbocycles. The van der Waals surface area contributed by atoms with E-state index in [4.69, 9.17) is 0 Å². The fraction of sp³-hybridized carbons (Fsp3) is 0.273. The summed E-state index contributed by atoms with van der Waals surface area (Å²) in [6.07, 6.45) is -2.91. The molecule has 0 aliphatic carbocycles. The SMILES string of the molecule is Cc1ccc(Cn2cc(NC(=O)Cn3nc(C)c4c(C(F)F)cc(C(F)F)nc43)cn2)cc1. The number of carbonyl (C=O) groups excluding carboxylic acids is 1. The fourth-order valence-electron chi connectivity index (χ4n) is 3.53. The number of aryl methyl sites for hydroxylation is 2. The predicted octanol–water partition coefficient (Wildman–Crippen LogP) is 4.81. The molecule has 0 bridgehead atoms. The van der Waals surface area contributed by atoms with Gasteiger partial charge in [0.05, 0.1) is 29.5 Å². The first-order valence-electron chi connectivity index (χ1n) is 10.0. The third-order valence-corrected chi connectivity index (χ3v) is 5.06. The molecule has 0 unspecified atom stereocenters. The fourth-order valence-corrected chi connectivity index (χ4v) is 3.53. The van der Waals surface area contributed by atoms with Gasteiger partial charge in [-0.05, 0) is 25.5 Å². The Hall–Kier alpha value is -3.76. The third-order valence-electron chi connectivity index (χ3n) is 5.06. The van der Waals surface area contributed by atoms with E-state index in [1.165, 1.54) is 13.1 Å². The number of amides is 1. The van der Waals surface area contributed by atoms with Gasteiger partial charge in [0, 0.05) is 11.8 Å². The highest BCUT2D eigenvalue weighted by Crippen LogP contribution is 2.32. The molecule has 172 valence electrons. The molecule has 1 N–H and O–H groups in total. The van der Waals surface area contributed by atoms with Gasteiger partial charge < -0.3 is 5.32 Å². The van der Waals surface area contributed by atoms with Crippen molar-refractivity contribution in [2.45, 2.75) is 39.8 Å². The van der Waals surface area contributed by atoms with Gasteiger partial charge in [0.25, 0.3) is 12.9 Å². The number of hydrogen-bond donors (Lipinski definition) is 1. The molecule has 3 heterocycles. The number of fused-ring (bicyclic) bond motifs is 1. The molecule has 1 amide bonds. The molecule has 0 fully saturated rings. The molecule has 7 nitrogen and oxygen atoms in total. The molecular formula is C22H20F4N6O. The maximum atomic E-state index is 13.5. The lowest BCUT2D eigenvalue weighted by Crippen LogP contribution is -2.19. The lowest BCUT2D eigenvalue weighted by atomic mass is 10.1. The van der Waals surface area contributed by atoms with E-state index in [1.807, 2.05) is 31.2 Å². The van der Waals surface area contributed by atoms with Gasteiger partial charge in [-0.25, -0.2) is 27.2 Å². The van der Waals surface area contributed by atoms with Gasteiger partial charge >= 0.3 is 0 Å². The summed E-state index contributed by atoms with van der Waals surface area (Å²) in [4.78, 5) is 16.3. The summed E-state index contributed by atoms with van der Waals surface area (Å²) in [5.41, 5.74) is 1.21. The number of pyridine rings is 1. The van der Waals surface area contributed by atoms with Crippen molar-refractivity contribution in [3.05, 3.63) is 70.8 Å². The van der Waals surface area contributed by atoms with Crippen LogP contribution in [0.5, 0.6) is 0 Å². The lowest BCUT2D eigenvalue weighted by Gasteiger charge is -2.08. The Kier molecular flexibility index (Phi) is 6.12. The summed E-state index contributed by atoms with van der Waals surface area (Å²) in [6.45, 7) is 3.57. The Morgan fingerprint density at radius 3 is 2.48 bits per heavy atom. The predicted molar refractivity (Wildman–Crippen MR) is 113 cm³/mol. The molecule has 11 heteroatoms. The summed E-state index contributed by atoms with van der Waals surface area (Å²) in [6, 6.07) is 8.62.